The van der Waals surface area contributed by atoms with Gasteiger partial charge in [-0.2, -0.15) is 15.0 Å². The molecular weight excluding hydrogens is 356 g/mol. The van der Waals surface area contributed by atoms with Crippen LogP contribution < -0.4 is 10.2 Å². The first-order chi connectivity index (χ1) is 9.36. The molecule has 1 aromatic carbocycles. The predicted molar refractivity (Wildman–Crippen MR) is 76.5 cm³/mol. The van der Waals surface area contributed by atoms with Crippen molar-refractivity contribution in [1.29, 1.82) is 0 Å². The Morgan fingerprint density at radius 3 is 2.30 bits per heavy atom. The van der Waals surface area contributed by atoms with Crippen molar-refractivity contribution in [3.63, 3.8) is 0 Å². The van der Waals surface area contributed by atoms with Gasteiger partial charge in [-0.05, 0) is 23.7 Å². The van der Waals surface area contributed by atoms with Gasteiger partial charge in [0.15, 0.2) is 11.6 Å². The van der Waals surface area contributed by atoms with Crippen molar-refractivity contribution in [2.45, 2.75) is 0 Å². The number of rotatable bonds is 3. The van der Waals surface area contributed by atoms with Crippen molar-refractivity contribution in [2.75, 3.05) is 24.3 Å². The summed E-state index contributed by atoms with van der Waals surface area (Å²) in [6.45, 7) is 0. The summed E-state index contributed by atoms with van der Waals surface area (Å²) < 4.78 is 27.7. The normalized spacial score (nSPS) is 10.5. The molecular formula is C11H9BrClF2N5. The quantitative estimate of drug-likeness (QED) is 0.905. The van der Waals surface area contributed by atoms with E-state index in [1.165, 1.54) is 0 Å². The molecule has 106 valence electrons. The maximum Gasteiger partial charge on any atom is 0.233 e. The molecule has 1 aromatic heterocycles. The van der Waals surface area contributed by atoms with E-state index in [1.807, 2.05) is 0 Å². The molecule has 0 aliphatic carbocycles. The van der Waals surface area contributed by atoms with E-state index < -0.39 is 11.6 Å². The molecule has 0 bridgehead atoms. The van der Waals surface area contributed by atoms with E-state index in [2.05, 4.69) is 36.2 Å². The highest BCUT2D eigenvalue weighted by molar-refractivity contribution is 9.10. The number of benzene rings is 1. The van der Waals surface area contributed by atoms with Gasteiger partial charge in [0.1, 0.15) is 5.69 Å². The lowest BCUT2D eigenvalue weighted by atomic mass is 10.3. The standard InChI is InChI=1S/C11H9BrClF2N5/c1-20(2)11-18-9(13)17-10(19-11)16-8-6(14)3-5(12)4-7(8)15/h3-4H,1-2H3,(H,16,17,18,19). The van der Waals surface area contributed by atoms with Gasteiger partial charge in [0.25, 0.3) is 0 Å². The zero-order valence-corrected chi connectivity index (χ0v) is 12.8. The highest BCUT2D eigenvalue weighted by Crippen LogP contribution is 2.26. The zero-order chi connectivity index (χ0) is 14.9. The molecule has 5 nitrogen and oxygen atoms in total. The summed E-state index contributed by atoms with van der Waals surface area (Å²) in [4.78, 5) is 13.2. The van der Waals surface area contributed by atoms with Crippen LogP contribution in [-0.2, 0) is 0 Å². The van der Waals surface area contributed by atoms with Crippen molar-refractivity contribution in [2.24, 2.45) is 0 Å². The van der Waals surface area contributed by atoms with Crippen LogP contribution in [0.4, 0.5) is 26.4 Å². The first kappa shape index (κ1) is 14.9. The summed E-state index contributed by atoms with van der Waals surface area (Å²) >= 11 is 8.74. The van der Waals surface area contributed by atoms with Crippen molar-refractivity contribution < 1.29 is 8.78 Å². The number of hydrogen-bond acceptors (Lipinski definition) is 5. The molecule has 0 spiro atoms. The molecule has 0 saturated heterocycles. The van der Waals surface area contributed by atoms with Crippen molar-refractivity contribution >= 4 is 45.1 Å². The third-order valence-electron chi connectivity index (χ3n) is 2.24. The minimum absolute atomic E-state index is 0.0474. The summed E-state index contributed by atoms with van der Waals surface area (Å²) in [5, 5.41) is 2.38. The molecule has 0 atom stereocenters. The van der Waals surface area contributed by atoms with E-state index in [4.69, 9.17) is 11.6 Å². The van der Waals surface area contributed by atoms with Gasteiger partial charge in [0, 0.05) is 18.6 Å². The molecule has 0 unspecified atom stereocenters. The van der Waals surface area contributed by atoms with E-state index in [1.54, 1.807) is 19.0 Å². The van der Waals surface area contributed by atoms with Crippen LogP contribution in [0.25, 0.3) is 0 Å². The topological polar surface area (TPSA) is 53.9 Å². The SMILES string of the molecule is CN(C)c1nc(Cl)nc(Nc2c(F)cc(Br)cc2F)n1. The lowest BCUT2D eigenvalue weighted by molar-refractivity contribution is 0.589. The molecule has 0 fully saturated rings. The molecule has 1 heterocycles. The molecule has 0 radical (unpaired) electrons. The van der Waals surface area contributed by atoms with Gasteiger partial charge in [-0.15, -0.1) is 0 Å². The van der Waals surface area contributed by atoms with Gasteiger partial charge in [0.05, 0.1) is 0 Å². The number of aromatic nitrogens is 3. The first-order valence-electron chi connectivity index (χ1n) is 5.37. The number of anilines is 3. The Morgan fingerprint density at radius 1 is 1.15 bits per heavy atom. The maximum atomic E-state index is 13.7. The average Bonchev–Trinajstić information content (AvgIpc) is 2.33. The lowest BCUT2D eigenvalue weighted by Crippen LogP contribution is -2.14. The van der Waals surface area contributed by atoms with Crippen LogP contribution in [0.3, 0.4) is 0 Å². The number of nitrogens with zero attached hydrogens (tertiary/aromatic N) is 4. The second-order valence-electron chi connectivity index (χ2n) is 3.99. The summed E-state index contributed by atoms with van der Waals surface area (Å²) in [5.74, 6) is -1.33. The Morgan fingerprint density at radius 2 is 1.75 bits per heavy atom. The second-order valence-corrected chi connectivity index (χ2v) is 5.25. The van der Waals surface area contributed by atoms with Crippen LogP contribution in [0.15, 0.2) is 16.6 Å². The fraction of sp³-hybridized carbons (Fsp3) is 0.182. The third-order valence-corrected chi connectivity index (χ3v) is 2.87. The fourth-order valence-corrected chi connectivity index (χ4v) is 1.93. The Balaban J connectivity index is 2.40. The first-order valence-corrected chi connectivity index (χ1v) is 6.54. The summed E-state index contributed by atoms with van der Waals surface area (Å²) in [6.07, 6.45) is 0. The lowest BCUT2D eigenvalue weighted by Gasteiger charge is -2.12. The van der Waals surface area contributed by atoms with E-state index >= 15 is 0 Å². The molecule has 0 aliphatic rings. The number of halogens is 4. The van der Waals surface area contributed by atoms with Gasteiger partial charge in [0.2, 0.25) is 17.2 Å². The predicted octanol–water partition coefficient (Wildman–Crippen LogP) is 3.38. The van der Waals surface area contributed by atoms with Gasteiger partial charge in [-0.3, -0.25) is 0 Å². The van der Waals surface area contributed by atoms with Crippen LogP contribution in [0.1, 0.15) is 0 Å². The Kier molecular flexibility index (Phi) is 4.34. The number of hydrogen-bond donors (Lipinski definition) is 1. The minimum Gasteiger partial charge on any atom is -0.347 e. The Bertz CT molecular complexity index is 630. The minimum atomic E-state index is -0.778. The molecule has 0 amide bonds. The molecule has 2 rings (SSSR count). The molecule has 2 aromatic rings. The van der Waals surface area contributed by atoms with E-state index in [0.717, 1.165) is 12.1 Å². The molecule has 1 N–H and O–H groups in total. The van der Waals surface area contributed by atoms with E-state index in [-0.39, 0.29) is 22.9 Å². The van der Waals surface area contributed by atoms with E-state index in [0.29, 0.717) is 4.47 Å². The highest BCUT2D eigenvalue weighted by Gasteiger charge is 2.14. The van der Waals surface area contributed by atoms with E-state index in [9.17, 15) is 8.78 Å². The highest BCUT2D eigenvalue weighted by atomic mass is 79.9. The average molecular weight is 365 g/mol. The summed E-state index contributed by atoms with van der Waals surface area (Å²) in [7, 11) is 3.41. The van der Waals surface area contributed by atoms with Gasteiger partial charge in [-0.1, -0.05) is 15.9 Å². The van der Waals surface area contributed by atoms with Crippen molar-refractivity contribution in [3.8, 4) is 0 Å². The molecule has 20 heavy (non-hydrogen) atoms. The van der Waals surface area contributed by atoms with Gasteiger partial charge >= 0.3 is 0 Å². The largest absolute Gasteiger partial charge is 0.347 e. The van der Waals surface area contributed by atoms with Gasteiger partial charge in [-0.25, -0.2) is 8.78 Å². The third kappa shape index (κ3) is 3.31. The molecule has 9 heteroatoms. The summed E-state index contributed by atoms with van der Waals surface area (Å²) in [6, 6.07) is 2.25. The van der Waals surface area contributed by atoms with Gasteiger partial charge < -0.3 is 10.2 Å². The Labute approximate surface area is 127 Å². The summed E-state index contributed by atoms with van der Waals surface area (Å²) in [5.41, 5.74) is -0.361. The maximum absolute atomic E-state index is 13.7. The van der Waals surface area contributed by atoms with Crippen molar-refractivity contribution in [3.05, 3.63) is 33.5 Å². The van der Waals surface area contributed by atoms with Crippen LogP contribution in [0.2, 0.25) is 5.28 Å². The van der Waals surface area contributed by atoms with Crippen LogP contribution >= 0.6 is 27.5 Å². The molecule has 0 aliphatic heterocycles. The Hall–Kier alpha value is -1.54. The number of nitrogens with one attached hydrogen (secondary N) is 1. The second kappa shape index (κ2) is 5.84. The molecule has 0 saturated carbocycles. The van der Waals surface area contributed by atoms with Crippen LogP contribution in [0.5, 0.6) is 0 Å². The smallest absolute Gasteiger partial charge is 0.233 e. The fourth-order valence-electron chi connectivity index (χ4n) is 1.37. The van der Waals surface area contributed by atoms with Crippen molar-refractivity contribution in [1.82, 2.24) is 15.0 Å². The monoisotopic (exact) mass is 363 g/mol. The van der Waals surface area contributed by atoms with Crippen LogP contribution in [0, 0.1) is 11.6 Å². The zero-order valence-electron chi connectivity index (χ0n) is 10.5. The van der Waals surface area contributed by atoms with Crippen LogP contribution in [-0.4, -0.2) is 29.0 Å².